The summed E-state index contributed by atoms with van der Waals surface area (Å²) in [5.41, 5.74) is 1.15. The number of hydrogen-bond donors (Lipinski definition) is 1. The van der Waals surface area contributed by atoms with Crippen LogP contribution in [-0.4, -0.2) is 18.6 Å². The molecule has 0 aliphatic heterocycles. The van der Waals surface area contributed by atoms with E-state index in [-0.39, 0.29) is 0 Å². The molecule has 0 fully saturated rings. The van der Waals surface area contributed by atoms with Gasteiger partial charge in [-0.25, -0.2) is 4.98 Å². The Kier molecular flexibility index (Phi) is 4.35. The molecule has 0 aliphatic rings. The van der Waals surface area contributed by atoms with Crippen LogP contribution in [0, 0.1) is 0 Å². The van der Waals surface area contributed by atoms with Crippen molar-refractivity contribution < 1.29 is 4.74 Å². The van der Waals surface area contributed by atoms with E-state index in [4.69, 9.17) is 4.74 Å². The Hall–Kier alpha value is -0.610. The number of methoxy groups -OCH3 is 1. The minimum absolute atomic E-state index is 0.315. The molecule has 0 saturated carbocycles. The first kappa shape index (κ1) is 11.5. The predicted molar refractivity (Wildman–Crippen MR) is 60.6 cm³/mol. The maximum absolute atomic E-state index is 5.06. The Balaban J connectivity index is 2.85. The molecule has 0 bridgehead atoms. The third-order valence-corrected chi connectivity index (χ3v) is 2.60. The van der Waals surface area contributed by atoms with Crippen LogP contribution in [0.25, 0.3) is 0 Å². The van der Waals surface area contributed by atoms with Gasteiger partial charge < -0.3 is 10.1 Å². The maximum atomic E-state index is 5.06. The lowest BCUT2D eigenvalue weighted by molar-refractivity contribution is 0.394. The molecular weight excluding hydrogens is 244 g/mol. The molecular formula is C10H15BrN2O. The van der Waals surface area contributed by atoms with Crippen molar-refractivity contribution in [3.63, 3.8) is 0 Å². The van der Waals surface area contributed by atoms with Crippen molar-refractivity contribution in [3.8, 4) is 5.88 Å². The van der Waals surface area contributed by atoms with E-state index in [1.54, 1.807) is 7.11 Å². The fraction of sp³-hybridized carbons (Fsp3) is 0.500. The van der Waals surface area contributed by atoms with Gasteiger partial charge in [0, 0.05) is 12.2 Å². The minimum atomic E-state index is 0.315. The highest BCUT2D eigenvalue weighted by molar-refractivity contribution is 9.10. The number of rotatable bonds is 4. The van der Waals surface area contributed by atoms with Gasteiger partial charge in [0.05, 0.1) is 11.6 Å². The lowest BCUT2D eigenvalue weighted by atomic mass is 10.1. The van der Waals surface area contributed by atoms with E-state index in [1.165, 1.54) is 0 Å². The second-order valence-electron chi connectivity index (χ2n) is 3.04. The predicted octanol–water partition coefficient (Wildman–Crippen LogP) is 2.52. The van der Waals surface area contributed by atoms with Gasteiger partial charge in [0.25, 0.3) is 0 Å². The largest absolute Gasteiger partial charge is 0.480 e. The number of nitrogens with zero attached hydrogens (tertiary/aromatic N) is 1. The van der Waals surface area contributed by atoms with Gasteiger partial charge in [0.15, 0.2) is 0 Å². The molecule has 3 nitrogen and oxygen atoms in total. The normalized spacial score (nSPS) is 12.6. The first-order valence-electron chi connectivity index (χ1n) is 4.61. The van der Waals surface area contributed by atoms with Crippen molar-refractivity contribution in [2.24, 2.45) is 0 Å². The van der Waals surface area contributed by atoms with Gasteiger partial charge in [-0.2, -0.15) is 0 Å². The molecule has 78 valence electrons. The molecule has 14 heavy (non-hydrogen) atoms. The Morgan fingerprint density at radius 1 is 1.64 bits per heavy atom. The molecule has 1 unspecified atom stereocenters. The van der Waals surface area contributed by atoms with Crippen molar-refractivity contribution in [3.05, 3.63) is 22.3 Å². The molecule has 1 atom stereocenters. The standard InChI is InChI=1S/C10H15BrN2O/c1-4-12-7(2)8-5-9(11)10(14-3)13-6-8/h5-7,12H,4H2,1-3H3. The van der Waals surface area contributed by atoms with Gasteiger partial charge in [0.2, 0.25) is 5.88 Å². The zero-order chi connectivity index (χ0) is 10.6. The summed E-state index contributed by atoms with van der Waals surface area (Å²) in [6.45, 7) is 5.15. The summed E-state index contributed by atoms with van der Waals surface area (Å²) < 4.78 is 5.95. The van der Waals surface area contributed by atoms with E-state index in [2.05, 4.69) is 40.1 Å². The molecule has 0 saturated heterocycles. The summed E-state index contributed by atoms with van der Waals surface area (Å²) in [4.78, 5) is 4.19. The zero-order valence-electron chi connectivity index (χ0n) is 8.67. The summed E-state index contributed by atoms with van der Waals surface area (Å²) in [7, 11) is 1.61. The molecule has 0 spiro atoms. The summed E-state index contributed by atoms with van der Waals surface area (Å²) >= 11 is 3.41. The molecule has 1 heterocycles. The van der Waals surface area contributed by atoms with Gasteiger partial charge in [-0.1, -0.05) is 6.92 Å². The van der Waals surface area contributed by atoms with Crippen LogP contribution >= 0.6 is 15.9 Å². The van der Waals surface area contributed by atoms with Gasteiger partial charge >= 0.3 is 0 Å². The van der Waals surface area contributed by atoms with Crippen LogP contribution < -0.4 is 10.1 Å². The number of hydrogen-bond acceptors (Lipinski definition) is 3. The number of pyridine rings is 1. The highest BCUT2D eigenvalue weighted by atomic mass is 79.9. The Bertz CT molecular complexity index is 304. The van der Waals surface area contributed by atoms with Crippen LogP contribution in [-0.2, 0) is 0 Å². The van der Waals surface area contributed by atoms with Crippen LogP contribution in [0.4, 0.5) is 0 Å². The molecule has 0 aliphatic carbocycles. The smallest absolute Gasteiger partial charge is 0.227 e. The van der Waals surface area contributed by atoms with Crippen LogP contribution in [0.1, 0.15) is 25.5 Å². The first-order chi connectivity index (χ1) is 6.69. The minimum Gasteiger partial charge on any atom is -0.480 e. The molecule has 1 aromatic heterocycles. The lowest BCUT2D eigenvalue weighted by Gasteiger charge is -2.13. The Labute approximate surface area is 93.0 Å². The fourth-order valence-electron chi connectivity index (χ4n) is 1.25. The summed E-state index contributed by atoms with van der Waals surface area (Å²) in [5, 5.41) is 3.32. The lowest BCUT2D eigenvalue weighted by Crippen LogP contribution is -2.17. The molecule has 1 N–H and O–H groups in total. The number of aromatic nitrogens is 1. The molecule has 1 aromatic rings. The van der Waals surface area contributed by atoms with E-state index in [1.807, 2.05) is 12.3 Å². The SMILES string of the molecule is CCNC(C)c1cnc(OC)c(Br)c1. The summed E-state index contributed by atoms with van der Waals surface area (Å²) in [5.74, 6) is 0.623. The monoisotopic (exact) mass is 258 g/mol. The maximum Gasteiger partial charge on any atom is 0.227 e. The zero-order valence-corrected chi connectivity index (χ0v) is 10.3. The Morgan fingerprint density at radius 3 is 2.86 bits per heavy atom. The molecule has 0 radical (unpaired) electrons. The molecule has 1 rings (SSSR count). The van der Waals surface area contributed by atoms with E-state index < -0.39 is 0 Å². The average molecular weight is 259 g/mol. The number of halogens is 1. The fourth-order valence-corrected chi connectivity index (χ4v) is 1.78. The highest BCUT2D eigenvalue weighted by Crippen LogP contribution is 2.25. The Morgan fingerprint density at radius 2 is 2.36 bits per heavy atom. The summed E-state index contributed by atoms with van der Waals surface area (Å²) in [6, 6.07) is 2.34. The highest BCUT2D eigenvalue weighted by Gasteiger charge is 2.07. The van der Waals surface area contributed by atoms with Crippen molar-refractivity contribution in [1.29, 1.82) is 0 Å². The van der Waals surface area contributed by atoms with Crippen molar-refractivity contribution >= 4 is 15.9 Å². The molecule has 4 heteroatoms. The molecule has 0 aromatic carbocycles. The van der Waals surface area contributed by atoms with Gasteiger partial charge in [0.1, 0.15) is 0 Å². The summed E-state index contributed by atoms with van der Waals surface area (Å²) in [6.07, 6.45) is 1.83. The van der Waals surface area contributed by atoms with Gasteiger partial charge in [-0.05, 0) is 41.0 Å². The van der Waals surface area contributed by atoms with E-state index in [0.717, 1.165) is 16.6 Å². The van der Waals surface area contributed by atoms with Crippen LogP contribution in [0.3, 0.4) is 0 Å². The van der Waals surface area contributed by atoms with E-state index >= 15 is 0 Å². The van der Waals surface area contributed by atoms with Crippen molar-refractivity contribution in [2.75, 3.05) is 13.7 Å². The van der Waals surface area contributed by atoms with Gasteiger partial charge in [-0.3, -0.25) is 0 Å². The number of ether oxygens (including phenoxy) is 1. The first-order valence-corrected chi connectivity index (χ1v) is 5.41. The van der Waals surface area contributed by atoms with Crippen LogP contribution in [0.2, 0.25) is 0 Å². The van der Waals surface area contributed by atoms with Crippen molar-refractivity contribution in [1.82, 2.24) is 10.3 Å². The van der Waals surface area contributed by atoms with E-state index in [9.17, 15) is 0 Å². The van der Waals surface area contributed by atoms with E-state index in [0.29, 0.717) is 11.9 Å². The topological polar surface area (TPSA) is 34.2 Å². The third-order valence-electron chi connectivity index (χ3n) is 2.03. The average Bonchev–Trinajstić information content (AvgIpc) is 2.18. The van der Waals surface area contributed by atoms with Crippen LogP contribution in [0.5, 0.6) is 5.88 Å². The van der Waals surface area contributed by atoms with Crippen molar-refractivity contribution in [2.45, 2.75) is 19.9 Å². The number of nitrogens with one attached hydrogen (secondary N) is 1. The second kappa shape index (κ2) is 5.32. The third kappa shape index (κ3) is 2.69. The second-order valence-corrected chi connectivity index (χ2v) is 3.89. The quantitative estimate of drug-likeness (QED) is 0.902. The van der Waals surface area contributed by atoms with Crippen LogP contribution in [0.15, 0.2) is 16.7 Å². The van der Waals surface area contributed by atoms with Gasteiger partial charge in [-0.15, -0.1) is 0 Å². The molecule has 0 amide bonds.